The fraction of sp³-hybridized carbons (Fsp3) is 0.556. The van der Waals surface area contributed by atoms with Gasteiger partial charge >= 0.3 is 6.18 Å². The van der Waals surface area contributed by atoms with Gasteiger partial charge in [0.05, 0.1) is 5.56 Å². The Morgan fingerprint density at radius 1 is 1.22 bits per heavy atom. The van der Waals surface area contributed by atoms with Gasteiger partial charge in [-0.25, -0.2) is 13.5 Å². The molecule has 0 saturated heterocycles. The Labute approximate surface area is 183 Å². The molecule has 2 heterocycles. The van der Waals surface area contributed by atoms with E-state index >= 15 is 0 Å². The second-order valence-electron chi connectivity index (χ2n) is 7.48. The first-order chi connectivity index (χ1) is 14.9. The lowest BCUT2D eigenvalue weighted by Crippen LogP contribution is -2.40. The zero-order chi connectivity index (χ0) is 23.6. The topological polar surface area (TPSA) is 93.8 Å². The third kappa shape index (κ3) is 5.75. The van der Waals surface area contributed by atoms with E-state index in [2.05, 4.69) is 20.8 Å². The predicted molar refractivity (Wildman–Crippen MR) is 105 cm³/mol. The van der Waals surface area contributed by atoms with E-state index in [1.54, 1.807) is 0 Å². The highest BCUT2D eigenvalue weighted by molar-refractivity contribution is 6.32. The zero-order valence-corrected chi connectivity index (χ0v) is 17.6. The Kier molecular flexibility index (Phi) is 7.06. The van der Waals surface area contributed by atoms with Crippen LogP contribution in [0.5, 0.6) is 0 Å². The molecule has 0 unspecified atom stereocenters. The lowest BCUT2D eigenvalue weighted by molar-refractivity contribution is -0.139. The van der Waals surface area contributed by atoms with Crippen LogP contribution in [0.1, 0.15) is 41.6 Å². The molecular formula is C18H20ClF5N6O2. The van der Waals surface area contributed by atoms with Crippen molar-refractivity contribution in [1.82, 2.24) is 24.9 Å². The molecule has 3 rings (SSSR count). The number of aryl methyl sites for hydroxylation is 1. The summed E-state index contributed by atoms with van der Waals surface area (Å²) >= 11 is 5.86. The van der Waals surface area contributed by atoms with Crippen LogP contribution in [-0.4, -0.2) is 44.0 Å². The van der Waals surface area contributed by atoms with Crippen LogP contribution < -0.4 is 16.2 Å². The average Bonchev–Trinajstić information content (AvgIpc) is 3.04. The maximum Gasteiger partial charge on any atom is 0.421 e. The molecule has 0 aromatic carbocycles. The van der Waals surface area contributed by atoms with Crippen molar-refractivity contribution < 1.29 is 26.7 Å². The molecule has 32 heavy (non-hydrogen) atoms. The number of carbonyl (C=O) groups is 1. The van der Waals surface area contributed by atoms with Gasteiger partial charge in [-0.2, -0.15) is 23.4 Å². The molecule has 1 saturated carbocycles. The van der Waals surface area contributed by atoms with Gasteiger partial charge < -0.3 is 10.6 Å². The average molecular weight is 483 g/mol. The van der Waals surface area contributed by atoms with Crippen molar-refractivity contribution in [3.05, 3.63) is 38.9 Å². The largest absolute Gasteiger partial charge is 0.421 e. The third-order valence-electron chi connectivity index (χ3n) is 5.07. The van der Waals surface area contributed by atoms with E-state index in [4.69, 9.17) is 11.6 Å². The van der Waals surface area contributed by atoms with Crippen molar-refractivity contribution in [3.8, 4) is 0 Å². The Morgan fingerprint density at radius 3 is 2.44 bits per heavy atom. The number of anilines is 1. The van der Waals surface area contributed by atoms with E-state index in [0.29, 0.717) is 36.4 Å². The maximum atomic E-state index is 13.0. The fourth-order valence-electron chi connectivity index (χ4n) is 3.52. The molecule has 1 fully saturated rings. The van der Waals surface area contributed by atoms with Crippen molar-refractivity contribution in [2.24, 2.45) is 7.05 Å². The highest BCUT2D eigenvalue weighted by Gasteiger charge is 2.35. The molecular weight excluding hydrogens is 463 g/mol. The molecule has 2 N–H and O–H groups in total. The van der Waals surface area contributed by atoms with Crippen molar-refractivity contribution in [2.45, 2.75) is 56.9 Å². The van der Waals surface area contributed by atoms with Crippen molar-refractivity contribution >= 4 is 23.3 Å². The summed E-state index contributed by atoms with van der Waals surface area (Å²) in [7, 11) is 1.14. The number of halogens is 6. The number of alkyl halides is 5. The predicted octanol–water partition coefficient (Wildman–Crippen LogP) is 3.07. The number of nitrogens with zero attached hydrogens (tertiary/aromatic N) is 4. The minimum absolute atomic E-state index is 0.0124. The van der Waals surface area contributed by atoms with E-state index in [-0.39, 0.29) is 28.6 Å². The van der Waals surface area contributed by atoms with Crippen LogP contribution >= 0.6 is 11.6 Å². The van der Waals surface area contributed by atoms with Crippen LogP contribution in [0.25, 0.3) is 0 Å². The number of amides is 1. The Morgan fingerprint density at radius 2 is 1.84 bits per heavy atom. The molecule has 2 aromatic rings. The van der Waals surface area contributed by atoms with Crippen LogP contribution in [0.15, 0.2) is 17.1 Å². The summed E-state index contributed by atoms with van der Waals surface area (Å²) in [6, 6.07) is 0.260. The van der Waals surface area contributed by atoms with Crippen LogP contribution in [0.4, 0.5) is 27.8 Å². The van der Waals surface area contributed by atoms with Gasteiger partial charge in [-0.05, 0) is 25.7 Å². The van der Waals surface area contributed by atoms with Gasteiger partial charge in [0.25, 0.3) is 17.9 Å². The molecule has 0 aliphatic heterocycles. The summed E-state index contributed by atoms with van der Waals surface area (Å²) in [6.45, 7) is -0.682. The summed E-state index contributed by atoms with van der Waals surface area (Å²) in [4.78, 5) is 24.1. The summed E-state index contributed by atoms with van der Waals surface area (Å²) in [5.41, 5.74) is -2.55. The number of rotatable bonds is 6. The summed E-state index contributed by atoms with van der Waals surface area (Å²) in [5.74, 6) is -0.605. The zero-order valence-electron chi connectivity index (χ0n) is 16.8. The van der Waals surface area contributed by atoms with Crippen LogP contribution in [0.2, 0.25) is 5.15 Å². The van der Waals surface area contributed by atoms with Crippen LogP contribution in [0.3, 0.4) is 0 Å². The van der Waals surface area contributed by atoms with Gasteiger partial charge in [-0.3, -0.25) is 14.3 Å². The second-order valence-corrected chi connectivity index (χ2v) is 7.84. The summed E-state index contributed by atoms with van der Waals surface area (Å²) in [6.07, 6.45) is -4.20. The van der Waals surface area contributed by atoms with Gasteiger partial charge in [0.2, 0.25) is 0 Å². The highest BCUT2D eigenvalue weighted by Crippen LogP contribution is 2.28. The monoisotopic (exact) mass is 482 g/mol. The fourth-order valence-corrected chi connectivity index (χ4v) is 3.75. The van der Waals surface area contributed by atoms with Gasteiger partial charge in [0, 0.05) is 31.4 Å². The van der Waals surface area contributed by atoms with Gasteiger partial charge in [-0.15, -0.1) is 0 Å². The minimum atomic E-state index is -4.79. The first-order valence-corrected chi connectivity index (χ1v) is 10.1. The first kappa shape index (κ1) is 24.0. The Bertz CT molecular complexity index is 1030. The maximum absolute atomic E-state index is 13.0. The van der Waals surface area contributed by atoms with E-state index in [1.165, 1.54) is 0 Å². The number of nitrogens with one attached hydrogen (secondary N) is 2. The highest BCUT2D eigenvalue weighted by atomic mass is 35.5. The number of carbonyl (C=O) groups excluding carboxylic acids is 1. The van der Waals surface area contributed by atoms with Gasteiger partial charge in [-0.1, -0.05) is 11.6 Å². The van der Waals surface area contributed by atoms with E-state index in [0.717, 1.165) is 17.9 Å². The van der Waals surface area contributed by atoms with Crippen molar-refractivity contribution in [1.29, 1.82) is 0 Å². The lowest BCUT2D eigenvalue weighted by Gasteiger charge is -2.30. The number of hydrogen-bond donors (Lipinski definition) is 2. The molecule has 0 radical (unpaired) electrons. The summed E-state index contributed by atoms with van der Waals surface area (Å²) in [5, 5.41) is 13.0. The standard InChI is InChI=1S/C18H20ClF5N6O2/c1-29-17(32)12(18(22,23)24)6-14(27-29)25-9-2-4-10(5-3-9)26-16(31)11-7-30(8-13(20)21)28-15(11)19/h6-7,9-10,13H,2-5,8H2,1H3,(H,25,27)(H,26,31). The molecule has 176 valence electrons. The minimum Gasteiger partial charge on any atom is -0.366 e. The molecule has 8 nitrogen and oxygen atoms in total. The molecule has 14 heteroatoms. The van der Waals surface area contributed by atoms with Gasteiger partial charge in [0.1, 0.15) is 17.9 Å². The van der Waals surface area contributed by atoms with Crippen molar-refractivity contribution in [3.63, 3.8) is 0 Å². The Hall–Kier alpha value is -2.70. The second kappa shape index (κ2) is 9.43. The normalized spacial score (nSPS) is 19.2. The Balaban J connectivity index is 1.57. The smallest absolute Gasteiger partial charge is 0.366 e. The molecule has 0 spiro atoms. The molecule has 1 amide bonds. The van der Waals surface area contributed by atoms with E-state index in [1.807, 2.05) is 0 Å². The quantitative estimate of drug-likeness (QED) is 0.617. The van der Waals surface area contributed by atoms with Crippen LogP contribution in [-0.2, 0) is 19.8 Å². The molecule has 0 atom stereocenters. The molecule has 1 aliphatic rings. The van der Waals surface area contributed by atoms with E-state index in [9.17, 15) is 31.5 Å². The van der Waals surface area contributed by atoms with Crippen LogP contribution in [0, 0.1) is 0 Å². The lowest BCUT2D eigenvalue weighted by atomic mass is 9.91. The summed E-state index contributed by atoms with van der Waals surface area (Å²) < 4.78 is 65.6. The molecule has 2 aromatic heterocycles. The van der Waals surface area contributed by atoms with Crippen molar-refractivity contribution in [2.75, 3.05) is 5.32 Å². The van der Waals surface area contributed by atoms with E-state index < -0.39 is 36.2 Å². The molecule has 0 bridgehead atoms. The SMILES string of the molecule is Cn1nc(NC2CCC(NC(=O)c3cn(CC(F)F)nc3Cl)CC2)cc(C(F)(F)F)c1=O. The third-order valence-corrected chi connectivity index (χ3v) is 5.35. The first-order valence-electron chi connectivity index (χ1n) is 9.68. The number of hydrogen-bond acceptors (Lipinski definition) is 5. The van der Waals surface area contributed by atoms with Gasteiger partial charge in [0.15, 0.2) is 5.15 Å². The number of aromatic nitrogens is 4. The molecule has 1 aliphatic carbocycles.